The fraction of sp³-hybridized carbons (Fsp3) is 0.130. The van der Waals surface area contributed by atoms with E-state index < -0.39 is 12.1 Å². The molecule has 4 rings (SSSR count). The van der Waals surface area contributed by atoms with Crippen LogP contribution >= 0.6 is 0 Å². The third-order valence-electron chi connectivity index (χ3n) is 4.68. The number of carbonyl (C=O) groups excluding carboxylic acids is 1. The van der Waals surface area contributed by atoms with Crippen molar-refractivity contribution in [3.05, 3.63) is 89.4 Å². The zero-order chi connectivity index (χ0) is 20.1. The molecular weight excluding hydrogens is 364 g/mol. The number of nitrogens with one attached hydrogen (secondary N) is 1. The zero-order valence-electron chi connectivity index (χ0n) is 15.6. The number of ether oxygens (including phenoxy) is 1. The van der Waals surface area contributed by atoms with Crippen molar-refractivity contribution in [2.45, 2.75) is 18.9 Å². The molecule has 0 saturated carbocycles. The Morgan fingerprint density at radius 2 is 1.93 bits per heavy atom. The van der Waals surface area contributed by atoms with Crippen LogP contribution in [0.15, 0.2) is 67.0 Å². The van der Waals surface area contributed by atoms with Crippen molar-refractivity contribution < 1.29 is 9.53 Å². The minimum atomic E-state index is -0.403. The van der Waals surface area contributed by atoms with E-state index in [0.717, 1.165) is 28.9 Å². The van der Waals surface area contributed by atoms with Gasteiger partial charge in [-0.05, 0) is 48.7 Å². The maximum atomic E-state index is 12.3. The second kappa shape index (κ2) is 8.36. The van der Waals surface area contributed by atoms with Crippen molar-refractivity contribution in [2.24, 2.45) is 0 Å². The van der Waals surface area contributed by atoms with E-state index in [2.05, 4.69) is 21.4 Å². The van der Waals surface area contributed by atoms with E-state index in [1.807, 2.05) is 42.5 Å². The molecule has 1 heterocycles. The lowest BCUT2D eigenvalue weighted by molar-refractivity contribution is -0.143. The van der Waals surface area contributed by atoms with Gasteiger partial charge in [0.1, 0.15) is 18.2 Å². The summed E-state index contributed by atoms with van der Waals surface area (Å²) in [5, 5.41) is 12.2. The van der Waals surface area contributed by atoms with Gasteiger partial charge in [-0.3, -0.25) is 0 Å². The summed E-state index contributed by atoms with van der Waals surface area (Å²) in [5.41, 5.74) is 3.99. The Hall–Kier alpha value is -3.98. The molecular formula is C23H18N4O2. The topological polar surface area (TPSA) is 87.9 Å². The third kappa shape index (κ3) is 4.30. The van der Waals surface area contributed by atoms with Crippen molar-refractivity contribution in [3.63, 3.8) is 0 Å². The molecule has 0 spiro atoms. The predicted molar refractivity (Wildman–Crippen MR) is 109 cm³/mol. The van der Waals surface area contributed by atoms with E-state index in [9.17, 15) is 4.79 Å². The molecule has 1 N–H and O–H groups in total. The summed E-state index contributed by atoms with van der Waals surface area (Å²) in [7, 11) is 0. The van der Waals surface area contributed by atoms with Crippen LogP contribution in [0.2, 0.25) is 0 Å². The van der Waals surface area contributed by atoms with Crippen molar-refractivity contribution in [1.29, 1.82) is 5.26 Å². The van der Waals surface area contributed by atoms with Gasteiger partial charge >= 0.3 is 5.97 Å². The fourth-order valence-electron chi connectivity index (χ4n) is 3.27. The number of hydrogen-bond donors (Lipinski definition) is 1. The minimum Gasteiger partial charge on any atom is -0.454 e. The number of rotatable bonds is 5. The third-order valence-corrected chi connectivity index (χ3v) is 4.68. The van der Waals surface area contributed by atoms with E-state index in [4.69, 9.17) is 10.00 Å². The number of carbonyl (C=O) groups is 1. The first kappa shape index (κ1) is 18.4. The van der Waals surface area contributed by atoms with Gasteiger partial charge in [0, 0.05) is 11.8 Å². The first-order chi connectivity index (χ1) is 14.2. The zero-order valence-corrected chi connectivity index (χ0v) is 15.6. The molecule has 0 fully saturated rings. The van der Waals surface area contributed by atoms with Crippen molar-refractivity contribution in [3.8, 4) is 6.07 Å². The Balaban J connectivity index is 1.50. The van der Waals surface area contributed by atoms with Gasteiger partial charge in [-0.1, -0.05) is 30.3 Å². The van der Waals surface area contributed by atoms with Crippen molar-refractivity contribution >= 4 is 23.6 Å². The summed E-state index contributed by atoms with van der Waals surface area (Å²) in [6, 6.07) is 18.8. The quantitative estimate of drug-likeness (QED) is 0.522. The normalized spacial score (nSPS) is 14.9. The molecule has 0 amide bonds. The largest absolute Gasteiger partial charge is 0.454 e. The Kier molecular flexibility index (Phi) is 5.30. The van der Waals surface area contributed by atoms with Crippen LogP contribution in [-0.4, -0.2) is 15.9 Å². The molecule has 1 aromatic heterocycles. The Labute approximate surface area is 168 Å². The average molecular weight is 382 g/mol. The van der Waals surface area contributed by atoms with Crippen molar-refractivity contribution in [1.82, 2.24) is 9.97 Å². The Morgan fingerprint density at radius 1 is 1.14 bits per heavy atom. The molecule has 0 saturated heterocycles. The molecule has 0 radical (unpaired) electrons. The molecule has 6 heteroatoms. The minimum absolute atomic E-state index is 0.403. The first-order valence-electron chi connectivity index (χ1n) is 9.27. The van der Waals surface area contributed by atoms with Crippen LogP contribution in [0, 0.1) is 11.3 Å². The SMILES string of the molecule is N#Cc1ccc(Nc2ncnc3c2C(OC(=O)/C=C/c2ccccc2)CC3)cc1. The maximum absolute atomic E-state index is 12.3. The molecule has 1 aliphatic rings. The van der Waals surface area contributed by atoms with Crippen LogP contribution in [0.1, 0.15) is 34.9 Å². The summed E-state index contributed by atoms with van der Waals surface area (Å²) in [5.74, 6) is 0.210. The number of anilines is 2. The molecule has 1 unspecified atom stereocenters. The van der Waals surface area contributed by atoms with Gasteiger partial charge in [0.15, 0.2) is 0 Å². The maximum Gasteiger partial charge on any atom is 0.331 e. The van der Waals surface area contributed by atoms with Gasteiger partial charge in [-0.25, -0.2) is 14.8 Å². The van der Waals surface area contributed by atoms with Crippen LogP contribution in [0.5, 0.6) is 0 Å². The molecule has 3 aromatic rings. The number of aryl methyl sites for hydroxylation is 1. The van der Waals surface area contributed by atoms with Crippen LogP contribution in [0.25, 0.3) is 6.08 Å². The number of nitriles is 1. The highest BCUT2D eigenvalue weighted by Crippen LogP contribution is 2.37. The molecule has 1 aliphatic carbocycles. The standard InChI is InChI=1S/C23H18N4O2/c24-14-17-6-9-18(10-7-17)27-23-22-19(25-15-26-23)11-12-20(22)29-21(28)13-8-16-4-2-1-3-5-16/h1-10,13,15,20H,11-12H2,(H,25,26,27)/b13-8+. The molecule has 6 nitrogen and oxygen atoms in total. The van der Waals surface area contributed by atoms with Gasteiger partial charge in [-0.15, -0.1) is 0 Å². The highest BCUT2D eigenvalue weighted by atomic mass is 16.5. The monoisotopic (exact) mass is 382 g/mol. The summed E-state index contributed by atoms with van der Waals surface area (Å²) >= 11 is 0. The highest BCUT2D eigenvalue weighted by Gasteiger charge is 2.30. The number of fused-ring (bicyclic) bond motifs is 1. The van der Waals surface area contributed by atoms with Gasteiger partial charge in [0.05, 0.1) is 22.9 Å². The van der Waals surface area contributed by atoms with E-state index >= 15 is 0 Å². The highest BCUT2D eigenvalue weighted by molar-refractivity contribution is 5.87. The molecule has 1 atom stereocenters. The number of hydrogen-bond acceptors (Lipinski definition) is 6. The molecule has 0 aliphatic heterocycles. The van der Waals surface area contributed by atoms with Crippen LogP contribution in [0.4, 0.5) is 11.5 Å². The van der Waals surface area contributed by atoms with Gasteiger partial charge < -0.3 is 10.1 Å². The van der Waals surface area contributed by atoms with Crippen LogP contribution in [-0.2, 0) is 16.0 Å². The Morgan fingerprint density at radius 3 is 2.69 bits per heavy atom. The van der Waals surface area contributed by atoms with Gasteiger partial charge in [0.2, 0.25) is 0 Å². The van der Waals surface area contributed by atoms with Crippen molar-refractivity contribution in [2.75, 3.05) is 5.32 Å². The summed E-state index contributed by atoms with van der Waals surface area (Å²) in [4.78, 5) is 21.0. The number of esters is 1. The molecule has 29 heavy (non-hydrogen) atoms. The van der Waals surface area contributed by atoms with Crippen LogP contribution in [0.3, 0.4) is 0 Å². The van der Waals surface area contributed by atoms with E-state index in [1.165, 1.54) is 12.4 Å². The number of benzene rings is 2. The van der Waals surface area contributed by atoms with E-state index in [-0.39, 0.29) is 0 Å². The second-order valence-corrected chi connectivity index (χ2v) is 6.61. The molecule has 2 aromatic carbocycles. The number of nitrogens with zero attached hydrogens (tertiary/aromatic N) is 3. The Bertz CT molecular complexity index is 1090. The van der Waals surface area contributed by atoms with Crippen LogP contribution < -0.4 is 5.32 Å². The van der Waals surface area contributed by atoms with E-state index in [0.29, 0.717) is 17.8 Å². The predicted octanol–water partition coefficient (Wildman–Crippen LogP) is 4.34. The lowest BCUT2D eigenvalue weighted by Gasteiger charge is -2.16. The lowest BCUT2D eigenvalue weighted by atomic mass is 10.2. The number of aromatic nitrogens is 2. The molecule has 0 bridgehead atoms. The lowest BCUT2D eigenvalue weighted by Crippen LogP contribution is -2.10. The second-order valence-electron chi connectivity index (χ2n) is 6.61. The molecule has 142 valence electrons. The summed E-state index contributed by atoms with van der Waals surface area (Å²) in [6.07, 6.45) is 5.66. The van der Waals surface area contributed by atoms with Gasteiger partial charge in [0.25, 0.3) is 0 Å². The smallest absolute Gasteiger partial charge is 0.331 e. The average Bonchev–Trinajstić information content (AvgIpc) is 3.17. The fourth-order valence-corrected chi connectivity index (χ4v) is 3.27. The van der Waals surface area contributed by atoms with E-state index in [1.54, 1.807) is 18.2 Å². The summed E-state index contributed by atoms with van der Waals surface area (Å²) in [6.45, 7) is 0. The first-order valence-corrected chi connectivity index (χ1v) is 9.27. The van der Waals surface area contributed by atoms with Gasteiger partial charge in [-0.2, -0.15) is 5.26 Å². The summed E-state index contributed by atoms with van der Waals surface area (Å²) < 4.78 is 5.69.